The van der Waals surface area contributed by atoms with E-state index in [2.05, 4.69) is 60.0 Å². The molecule has 0 spiro atoms. The fourth-order valence-corrected chi connectivity index (χ4v) is 5.77. The van der Waals surface area contributed by atoms with Crippen molar-refractivity contribution >= 4 is 22.1 Å². The largest absolute Gasteiger partial charge is 0.302 e. The van der Waals surface area contributed by atoms with Crippen LogP contribution in [0.25, 0.3) is 21.3 Å². The third-order valence-electron chi connectivity index (χ3n) is 6.04. The molecule has 5 aromatic rings. The van der Waals surface area contributed by atoms with Gasteiger partial charge in [0, 0.05) is 11.3 Å². The zero-order valence-corrected chi connectivity index (χ0v) is 17.1. The molecule has 0 N–H and O–H groups in total. The van der Waals surface area contributed by atoms with Gasteiger partial charge in [0.2, 0.25) is 0 Å². The van der Waals surface area contributed by atoms with Crippen LogP contribution in [0.3, 0.4) is 0 Å². The van der Waals surface area contributed by atoms with E-state index in [1.165, 1.54) is 21.6 Å². The average molecular weight is 406 g/mol. The first-order valence-corrected chi connectivity index (χ1v) is 11.0. The molecule has 1 aliphatic carbocycles. The highest BCUT2D eigenvalue weighted by atomic mass is 32.1. The lowest BCUT2D eigenvalue weighted by Crippen LogP contribution is -2.23. The smallest absolute Gasteiger partial charge is 0.259 e. The number of fused-ring (bicyclic) bond motifs is 5. The van der Waals surface area contributed by atoms with E-state index in [1.54, 1.807) is 11.3 Å². The predicted molar refractivity (Wildman–Crippen MR) is 124 cm³/mol. The lowest BCUT2D eigenvalue weighted by Gasteiger charge is -2.19. The Morgan fingerprint density at radius 2 is 1.43 bits per heavy atom. The van der Waals surface area contributed by atoms with Gasteiger partial charge < -0.3 is 4.57 Å². The van der Waals surface area contributed by atoms with E-state index < -0.39 is 0 Å². The highest BCUT2D eigenvalue weighted by molar-refractivity contribution is 7.13. The number of hydrogen-bond acceptors (Lipinski definition) is 2. The van der Waals surface area contributed by atoms with Gasteiger partial charge in [-0.25, -0.2) is 0 Å². The monoisotopic (exact) mass is 405 g/mol. The Labute approximate surface area is 178 Å². The summed E-state index contributed by atoms with van der Waals surface area (Å²) in [4.78, 5) is 14.9. The van der Waals surface area contributed by atoms with Crippen molar-refractivity contribution in [3.05, 3.63) is 129 Å². The van der Waals surface area contributed by atoms with E-state index in [0.29, 0.717) is 6.54 Å². The molecule has 1 aliphatic rings. The summed E-state index contributed by atoms with van der Waals surface area (Å²) in [6.45, 7) is 0.575. The van der Waals surface area contributed by atoms with Crippen LogP contribution in [0.1, 0.15) is 28.2 Å². The first-order valence-electron chi connectivity index (χ1n) is 10.1. The molecule has 2 aromatic heterocycles. The zero-order valence-electron chi connectivity index (χ0n) is 16.3. The van der Waals surface area contributed by atoms with E-state index in [-0.39, 0.29) is 11.5 Å². The minimum atomic E-state index is 0.0845. The van der Waals surface area contributed by atoms with Crippen molar-refractivity contribution in [1.82, 2.24) is 4.57 Å². The van der Waals surface area contributed by atoms with E-state index in [4.69, 9.17) is 0 Å². The molecule has 0 bridgehead atoms. The second-order valence-corrected chi connectivity index (χ2v) is 8.65. The van der Waals surface area contributed by atoms with Crippen LogP contribution in [0.5, 0.6) is 0 Å². The summed E-state index contributed by atoms with van der Waals surface area (Å²) in [5.74, 6) is 0.148. The molecule has 0 fully saturated rings. The Hall–Kier alpha value is -3.43. The van der Waals surface area contributed by atoms with E-state index >= 15 is 0 Å². The summed E-state index contributed by atoms with van der Waals surface area (Å²) in [7, 11) is 0. The molecule has 6 rings (SSSR count). The number of benzene rings is 3. The normalized spacial score (nSPS) is 14.6. The van der Waals surface area contributed by atoms with Crippen molar-refractivity contribution < 1.29 is 0 Å². The van der Waals surface area contributed by atoms with Crippen LogP contribution in [-0.2, 0) is 6.54 Å². The molecule has 144 valence electrons. The number of aromatic nitrogens is 1. The summed E-state index contributed by atoms with van der Waals surface area (Å²) in [6.07, 6.45) is 0. The van der Waals surface area contributed by atoms with Gasteiger partial charge >= 0.3 is 0 Å². The third kappa shape index (κ3) is 2.52. The molecule has 0 unspecified atom stereocenters. The van der Waals surface area contributed by atoms with E-state index in [0.717, 1.165) is 22.0 Å². The summed E-state index contributed by atoms with van der Waals surface area (Å²) in [5.41, 5.74) is 6.14. The molecule has 3 heteroatoms. The number of nitrogens with zero attached hydrogens (tertiary/aromatic N) is 1. The lowest BCUT2D eigenvalue weighted by molar-refractivity contribution is 0.774. The predicted octanol–water partition coefficient (Wildman–Crippen LogP) is 6.27. The molecular weight excluding hydrogens is 386 g/mol. The fourth-order valence-electron chi connectivity index (χ4n) is 4.76. The molecule has 1 atom stereocenters. The second-order valence-electron chi connectivity index (χ2n) is 7.73. The van der Waals surface area contributed by atoms with Crippen LogP contribution in [0, 0.1) is 0 Å². The van der Waals surface area contributed by atoms with E-state index in [1.807, 2.05) is 41.0 Å². The maximum Gasteiger partial charge on any atom is 0.259 e. The van der Waals surface area contributed by atoms with Gasteiger partial charge in [0.25, 0.3) is 5.56 Å². The SMILES string of the molecule is O=c1c2ccccc2c2c(n1Cc1ccccc1)-c1sccc1[C@@H]2c1ccccc1. The number of pyridine rings is 1. The Morgan fingerprint density at radius 3 is 2.20 bits per heavy atom. The highest BCUT2D eigenvalue weighted by Gasteiger charge is 2.35. The van der Waals surface area contributed by atoms with Gasteiger partial charge in [-0.15, -0.1) is 11.3 Å². The summed E-state index contributed by atoms with van der Waals surface area (Å²) in [6, 6.07) is 31.2. The summed E-state index contributed by atoms with van der Waals surface area (Å²) in [5, 5.41) is 4.01. The molecule has 0 radical (unpaired) electrons. The molecule has 2 heterocycles. The van der Waals surface area contributed by atoms with Crippen LogP contribution in [0.15, 0.2) is 101 Å². The number of hydrogen-bond donors (Lipinski definition) is 0. The lowest BCUT2D eigenvalue weighted by atomic mass is 9.88. The molecule has 0 saturated carbocycles. The molecular formula is C27H19NOS. The van der Waals surface area contributed by atoms with Gasteiger partial charge in [0.15, 0.2) is 0 Å². The van der Waals surface area contributed by atoms with Crippen molar-refractivity contribution in [1.29, 1.82) is 0 Å². The average Bonchev–Trinajstić information content (AvgIpc) is 3.39. The summed E-state index contributed by atoms with van der Waals surface area (Å²) >= 11 is 1.74. The molecule has 0 saturated heterocycles. The van der Waals surface area contributed by atoms with E-state index in [9.17, 15) is 4.79 Å². The Bertz CT molecular complexity index is 1430. The quantitative estimate of drug-likeness (QED) is 0.340. The van der Waals surface area contributed by atoms with Crippen molar-refractivity contribution in [2.24, 2.45) is 0 Å². The first-order chi connectivity index (χ1) is 14.8. The number of thiophene rings is 1. The molecule has 3 aromatic carbocycles. The maximum atomic E-state index is 13.6. The van der Waals surface area contributed by atoms with Crippen LogP contribution in [-0.4, -0.2) is 4.57 Å². The molecule has 30 heavy (non-hydrogen) atoms. The summed E-state index contributed by atoms with van der Waals surface area (Å²) < 4.78 is 1.99. The third-order valence-corrected chi connectivity index (χ3v) is 6.98. The highest BCUT2D eigenvalue weighted by Crippen LogP contribution is 2.52. The van der Waals surface area contributed by atoms with Gasteiger partial charge in [-0.2, -0.15) is 0 Å². The van der Waals surface area contributed by atoms with Crippen molar-refractivity contribution in [2.75, 3.05) is 0 Å². The molecule has 2 nitrogen and oxygen atoms in total. The van der Waals surface area contributed by atoms with Crippen molar-refractivity contribution in [2.45, 2.75) is 12.5 Å². The molecule has 0 amide bonds. The minimum Gasteiger partial charge on any atom is -0.302 e. The van der Waals surface area contributed by atoms with Crippen molar-refractivity contribution in [3.63, 3.8) is 0 Å². The number of rotatable bonds is 3. The van der Waals surface area contributed by atoms with Gasteiger partial charge in [-0.05, 0) is 45.2 Å². The van der Waals surface area contributed by atoms with Crippen LogP contribution >= 0.6 is 11.3 Å². The minimum absolute atomic E-state index is 0.0845. The van der Waals surface area contributed by atoms with Crippen LogP contribution < -0.4 is 5.56 Å². The first kappa shape index (κ1) is 17.4. The fraction of sp³-hybridized carbons (Fsp3) is 0.0741. The maximum absolute atomic E-state index is 13.6. The zero-order chi connectivity index (χ0) is 20.1. The standard InChI is InChI=1S/C27H19NOS/c29-27-21-14-8-7-13-20(21)24-23(19-11-5-2-6-12-19)22-15-16-30-26(22)25(24)28(27)17-18-9-3-1-4-10-18/h1-16,23H,17H2/t23-/m0/s1. The Balaban J connectivity index is 1.72. The topological polar surface area (TPSA) is 22.0 Å². The Kier molecular flexibility index (Phi) is 3.96. The van der Waals surface area contributed by atoms with Gasteiger partial charge in [-0.3, -0.25) is 4.79 Å². The van der Waals surface area contributed by atoms with Gasteiger partial charge in [0.05, 0.1) is 17.1 Å². The van der Waals surface area contributed by atoms with Gasteiger partial charge in [-0.1, -0.05) is 78.9 Å². The van der Waals surface area contributed by atoms with Crippen molar-refractivity contribution in [3.8, 4) is 10.6 Å². The van der Waals surface area contributed by atoms with Crippen LogP contribution in [0.4, 0.5) is 0 Å². The Morgan fingerprint density at radius 1 is 0.767 bits per heavy atom. The second kappa shape index (κ2) is 6.82. The van der Waals surface area contributed by atoms with Crippen LogP contribution in [0.2, 0.25) is 0 Å². The van der Waals surface area contributed by atoms with Gasteiger partial charge in [0.1, 0.15) is 0 Å². The molecule has 0 aliphatic heterocycles.